The first-order valence-electron chi connectivity index (χ1n) is 7.80. The second-order valence-corrected chi connectivity index (χ2v) is 6.39. The first-order valence-corrected chi connectivity index (χ1v) is 8.59. The zero-order chi connectivity index (χ0) is 17.8. The van der Waals surface area contributed by atoms with E-state index in [0.29, 0.717) is 23.6 Å². The van der Waals surface area contributed by atoms with E-state index in [2.05, 4.69) is 27.6 Å². The van der Waals surface area contributed by atoms with Crippen LogP contribution in [-0.2, 0) is 4.79 Å². The van der Waals surface area contributed by atoms with Crippen LogP contribution in [-0.4, -0.2) is 18.2 Å². The normalized spacial score (nSPS) is 15.4. The molecule has 0 bridgehead atoms. The van der Waals surface area contributed by atoms with Crippen molar-refractivity contribution in [3.05, 3.63) is 76.8 Å². The Bertz CT molecular complexity index is 873. The highest BCUT2D eigenvalue weighted by atomic mass is 79.9. The van der Waals surface area contributed by atoms with Gasteiger partial charge in [-0.2, -0.15) is 10.1 Å². The summed E-state index contributed by atoms with van der Waals surface area (Å²) in [5.74, 6) is 0.535. The molecular formula is C20H17BrN2O2. The average Bonchev–Trinajstić information content (AvgIpc) is 2.90. The molecule has 0 fully saturated rings. The van der Waals surface area contributed by atoms with E-state index in [9.17, 15) is 4.79 Å². The predicted molar refractivity (Wildman–Crippen MR) is 105 cm³/mol. The quantitative estimate of drug-likeness (QED) is 0.536. The maximum atomic E-state index is 12.8. The summed E-state index contributed by atoms with van der Waals surface area (Å²) >= 11 is 3.46. The van der Waals surface area contributed by atoms with Crippen LogP contribution in [0, 0.1) is 0 Å². The number of para-hydroxylation sites is 1. The largest absolute Gasteiger partial charge is 0.489 e. The Morgan fingerprint density at radius 2 is 2.00 bits per heavy atom. The molecule has 4 nitrogen and oxygen atoms in total. The molecule has 1 heterocycles. The van der Waals surface area contributed by atoms with Gasteiger partial charge in [-0.3, -0.25) is 4.79 Å². The van der Waals surface area contributed by atoms with Crippen LogP contribution in [0.1, 0.15) is 12.5 Å². The third-order valence-electron chi connectivity index (χ3n) is 3.69. The minimum Gasteiger partial charge on any atom is -0.489 e. The lowest BCUT2D eigenvalue weighted by Gasteiger charge is -2.11. The lowest BCUT2D eigenvalue weighted by atomic mass is 10.1. The third-order valence-corrected chi connectivity index (χ3v) is 4.18. The van der Waals surface area contributed by atoms with Crippen molar-refractivity contribution < 1.29 is 9.53 Å². The van der Waals surface area contributed by atoms with E-state index in [1.54, 1.807) is 6.08 Å². The van der Waals surface area contributed by atoms with Gasteiger partial charge in [0.2, 0.25) is 0 Å². The van der Waals surface area contributed by atoms with Gasteiger partial charge in [-0.1, -0.05) is 46.8 Å². The number of nitrogens with zero attached hydrogens (tertiary/aromatic N) is 2. The van der Waals surface area contributed by atoms with Gasteiger partial charge in [0.05, 0.1) is 17.0 Å². The molecule has 2 aromatic carbocycles. The highest BCUT2D eigenvalue weighted by Crippen LogP contribution is 2.29. The van der Waals surface area contributed by atoms with Crippen molar-refractivity contribution in [2.75, 3.05) is 11.6 Å². The first kappa shape index (κ1) is 17.2. The number of benzene rings is 2. The van der Waals surface area contributed by atoms with Gasteiger partial charge in [-0.25, -0.2) is 0 Å². The number of carbonyl (C=O) groups is 1. The van der Waals surface area contributed by atoms with E-state index in [-0.39, 0.29) is 5.91 Å². The van der Waals surface area contributed by atoms with Gasteiger partial charge >= 0.3 is 0 Å². The van der Waals surface area contributed by atoms with Crippen molar-refractivity contribution in [1.29, 1.82) is 0 Å². The summed E-state index contributed by atoms with van der Waals surface area (Å²) in [6.45, 7) is 5.89. The fourth-order valence-electron chi connectivity index (χ4n) is 2.50. The second kappa shape index (κ2) is 7.49. The standard InChI is InChI=1S/C20H17BrN2O2/c1-3-11-25-19-10-9-16(21)12-15(19)13-18-14(2)22-23(20(18)24)17-7-5-4-6-8-17/h3-10,12-13H,1,11H2,2H3/b18-13-. The monoisotopic (exact) mass is 396 g/mol. The number of hydrazone groups is 1. The van der Waals surface area contributed by atoms with Crippen LogP contribution in [0.2, 0.25) is 0 Å². The Morgan fingerprint density at radius 3 is 2.72 bits per heavy atom. The molecule has 1 aliphatic rings. The zero-order valence-corrected chi connectivity index (χ0v) is 15.4. The minimum atomic E-state index is -0.154. The highest BCUT2D eigenvalue weighted by Gasteiger charge is 2.28. The summed E-state index contributed by atoms with van der Waals surface area (Å²) < 4.78 is 6.59. The van der Waals surface area contributed by atoms with Gasteiger partial charge in [0.15, 0.2) is 0 Å². The van der Waals surface area contributed by atoms with Crippen LogP contribution in [0.4, 0.5) is 5.69 Å². The number of carbonyl (C=O) groups excluding carboxylic acids is 1. The summed E-state index contributed by atoms with van der Waals surface area (Å²) in [5.41, 5.74) is 2.77. The molecule has 1 aliphatic heterocycles. The average molecular weight is 397 g/mol. The van der Waals surface area contributed by atoms with Crippen LogP contribution in [0.5, 0.6) is 5.75 Å². The van der Waals surface area contributed by atoms with E-state index in [1.807, 2.05) is 61.5 Å². The maximum Gasteiger partial charge on any atom is 0.280 e. The SMILES string of the molecule is C=CCOc1ccc(Br)cc1/C=C1\C(=O)N(c2ccccc2)N=C1C. The molecule has 3 rings (SSSR count). The van der Waals surface area contributed by atoms with Gasteiger partial charge in [0.25, 0.3) is 5.91 Å². The molecule has 0 N–H and O–H groups in total. The van der Waals surface area contributed by atoms with Gasteiger partial charge < -0.3 is 4.74 Å². The van der Waals surface area contributed by atoms with Gasteiger partial charge in [0.1, 0.15) is 12.4 Å². The summed E-state index contributed by atoms with van der Waals surface area (Å²) in [6, 6.07) is 15.0. The molecule has 5 heteroatoms. The molecule has 0 saturated carbocycles. The van der Waals surface area contributed by atoms with E-state index in [0.717, 1.165) is 15.7 Å². The molecule has 0 saturated heterocycles. The number of rotatable bonds is 5. The van der Waals surface area contributed by atoms with Crippen molar-refractivity contribution in [3.8, 4) is 5.75 Å². The molecule has 1 amide bonds. The van der Waals surface area contributed by atoms with Crippen LogP contribution in [0.25, 0.3) is 6.08 Å². The first-order chi connectivity index (χ1) is 12.1. The lowest BCUT2D eigenvalue weighted by Crippen LogP contribution is -2.21. The number of halogens is 1. The van der Waals surface area contributed by atoms with Gasteiger partial charge in [0, 0.05) is 10.0 Å². The van der Waals surface area contributed by atoms with E-state index in [4.69, 9.17) is 4.74 Å². The fraction of sp³-hybridized carbons (Fsp3) is 0.100. The van der Waals surface area contributed by atoms with Crippen molar-refractivity contribution in [1.82, 2.24) is 0 Å². The smallest absolute Gasteiger partial charge is 0.280 e. The molecule has 0 unspecified atom stereocenters. The number of amides is 1. The Morgan fingerprint density at radius 1 is 1.24 bits per heavy atom. The molecule has 0 radical (unpaired) electrons. The zero-order valence-electron chi connectivity index (χ0n) is 13.8. The van der Waals surface area contributed by atoms with Crippen LogP contribution < -0.4 is 9.75 Å². The summed E-state index contributed by atoms with van der Waals surface area (Å²) in [4.78, 5) is 12.8. The molecular weight excluding hydrogens is 380 g/mol. The van der Waals surface area contributed by atoms with Gasteiger partial charge in [-0.05, 0) is 43.3 Å². The molecule has 0 aliphatic carbocycles. The Kier molecular flexibility index (Phi) is 5.14. The number of hydrogen-bond donors (Lipinski definition) is 0. The number of hydrogen-bond acceptors (Lipinski definition) is 3. The summed E-state index contributed by atoms with van der Waals surface area (Å²) in [5, 5.41) is 5.82. The van der Waals surface area contributed by atoms with Crippen molar-refractivity contribution in [2.45, 2.75) is 6.92 Å². The van der Waals surface area contributed by atoms with Gasteiger partial charge in [-0.15, -0.1) is 0 Å². The maximum absolute atomic E-state index is 12.8. The molecule has 0 spiro atoms. The van der Waals surface area contributed by atoms with Crippen molar-refractivity contribution >= 4 is 39.3 Å². The molecule has 0 atom stereocenters. The van der Waals surface area contributed by atoms with E-state index in [1.165, 1.54) is 5.01 Å². The fourth-order valence-corrected chi connectivity index (χ4v) is 2.88. The molecule has 126 valence electrons. The number of ether oxygens (including phenoxy) is 1. The van der Waals surface area contributed by atoms with E-state index >= 15 is 0 Å². The minimum absolute atomic E-state index is 0.154. The Labute approximate surface area is 155 Å². The van der Waals surface area contributed by atoms with E-state index < -0.39 is 0 Å². The van der Waals surface area contributed by atoms with Crippen LogP contribution in [0.3, 0.4) is 0 Å². The summed E-state index contributed by atoms with van der Waals surface area (Å²) in [6.07, 6.45) is 3.50. The topological polar surface area (TPSA) is 41.9 Å². The predicted octanol–water partition coefficient (Wildman–Crippen LogP) is 4.82. The highest BCUT2D eigenvalue weighted by molar-refractivity contribution is 9.10. The van der Waals surface area contributed by atoms with Crippen LogP contribution in [0.15, 0.2) is 76.3 Å². The van der Waals surface area contributed by atoms with Crippen molar-refractivity contribution in [3.63, 3.8) is 0 Å². The van der Waals surface area contributed by atoms with Crippen molar-refractivity contribution in [2.24, 2.45) is 5.10 Å². The number of anilines is 1. The molecule has 25 heavy (non-hydrogen) atoms. The van der Waals surface area contributed by atoms with Crippen LogP contribution >= 0.6 is 15.9 Å². The lowest BCUT2D eigenvalue weighted by molar-refractivity contribution is -0.114. The Balaban J connectivity index is 1.97. The summed E-state index contributed by atoms with van der Waals surface area (Å²) in [7, 11) is 0. The Hall–Kier alpha value is -2.66. The molecule has 2 aromatic rings. The second-order valence-electron chi connectivity index (χ2n) is 5.48. The molecule has 0 aromatic heterocycles. The third kappa shape index (κ3) is 3.72.